The van der Waals surface area contributed by atoms with Gasteiger partial charge in [-0.25, -0.2) is 0 Å². The fourth-order valence-electron chi connectivity index (χ4n) is 1.11. The Hall–Kier alpha value is -0.0500. The van der Waals surface area contributed by atoms with Crippen LogP contribution in [0.25, 0.3) is 9.75 Å². The molecular formula is C8H4O2P2S3. The second-order valence-electron chi connectivity index (χ2n) is 2.62. The fourth-order valence-corrected chi connectivity index (χ4v) is 4.70. The number of hydrogen-bond donors (Lipinski definition) is 1. The van der Waals surface area contributed by atoms with Crippen LogP contribution in [0.1, 0.15) is 0 Å². The largest absolute Gasteiger partial charge is 0.269 e. The van der Waals surface area contributed by atoms with Crippen molar-refractivity contribution in [2.75, 3.05) is 0 Å². The summed E-state index contributed by atoms with van der Waals surface area (Å²) >= 11 is 7.20. The number of hydrogen-bond acceptors (Lipinski definition) is 5. The molecule has 0 saturated carbocycles. The molecule has 0 radical (unpaired) electrons. The minimum atomic E-state index is -0.0275. The predicted octanol–water partition coefficient (Wildman–Crippen LogP) is 3.60. The van der Waals surface area contributed by atoms with Crippen LogP contribution >= 0.6 is 52.2 Å². The van der Waals surface area contributed by atoms with Crippen LogP contribution in [0.3, 0.4) is 0 Å². The molecule has 0 atom stereocenters. The predicted molar refractivity (Wildman–Crippen MR) is 69.4 cm³/mol. The summed E-state index contributed by atoms with van der Waals surface area (Å²) < 4.78 is 22.3. The monoisotopic (exact) mass is 290 g/mol. The zero-order valence-corrected chi connectivity index (χ0v) is 11.5. The molecule has 7 heteroatoms. The van der Waals surface area contributed by atoms with E-state index in [4.69, 9.17) is 0 Å². The van der Waals surface area contributed by atoms with Crippen LogP contribution in [-0.4, -0.2) is 0 Å². The standard InChI is InChI=1S/C8H4O2P2S3/c9-11-4-1-2-14-7(4)6-3-5(12-10)8(13)15-6/h1-3,13H. The van der Waals surface area contributed by atoms with Gasteiger partial charge in [0.15, 0.2) is 16.9 Å². The van der Waals surface area contributed by atoms with Crippen LogP contribution in [0.5, 0.6) is 0 Å². The first-order valence-electron chi connectivity index (χ1n) is 3.83. The molecule has 2 heterocycles. The third kappa shape index (κ3) is 2.22. The molecule has 2 aromatic heterocycles. The maximum Gasteiger partial charge on any atom is 0.194 e. The topological polar surface area (TPSA) is 34.1 Å². The van der Waals surface area contributed by atoms with E-state index in [0.29, 0.717) is 5.30 Å². The average Bonchev–Trinajstić information content (AvgIpc) is 2.82. The summed E-state index contributed by atoms with van der Waals surface area (Å²) in [5.74, 6) is 0. The van der Waals surface area contributed by atoms with E-state index in [-0.39, 0.29) is 16.9 Å². The van der Waals surface area contributed by atoms with Crippen LogP contribution in [0.15, 0.2) is 21.7 Å². The van der Waals surface area contributed by atoms with E-state index >= 15 is 0 Å². The Morgan fingerprint density at radius 1 is 1.20 bits per heavy atom. The highest BCUT2D eigenvalue weighted by Gasteiger charge is 2.12. The molecular weight excluding hydrogens is 286 g/mol. The van der Waals surface area contributed by atoms with E-state index in [1.807, 2.05) is 17.5 Å². The van der Waals surface area contributed by atoms with E-state index in [1.54, 1.807) is 0 Å². The summed E-state index contributed by atoms with van der Waals surface area (Å²) in [5, 5.41) is 3.34. The number of thiophene rings is 2. The molecule has 0 bridgehead atoms. The van der Waals surface area contributed by atoms with Gasteiger partial charge in [-0.3, -0.25) is 9.13 Å². The zero-order chi connectivity index (χ0) is 10.8. The van der Waals surface area contributed by atoms with Gasteiger partial charge in [0.25, 0.3) is 0 Å². The first-order valence-corrected chi connectivity index (χ1v) is 7.60. The van der Waals surface area contributed by atoms with Gasteiger partial charge in [-0.1, -0.05) is 0 Å². The van der Waals surface area contributed by atoms with Crippen molar-refractivity contribution in [3.63, 3.8) is 0 Å². The van der Waals surface area contributed by atoms with Gasteiger partial charge < -0.3 is 0 Å². The summed E-state index contributed by atoms with van der Waals surface area (Å²) in [6, 6.07) is 3.64. The fraction of sp³-hybridized carbons (Fsp3) is 0. The molecule has 0 aromatic carbocycles. The molecule has 2 rings (SSSR count). The summed E-state index contributed by atoms with van der Waals surface area (Å²) in [5.41, 5.74) is 0. The Morgan fingerprint density at radius 2 is 1.93 bits per heavy atom. The third-order valence-electron chi connectivity index (χ3n) is 1.76. The van der Waals surface area contributed by atoms with Gasteiger partial charge in [-0.2, -0.15) is 0 Å². The Morgan fingerprint density at radius 3 is 2.53 bits per heavy atom. The van der Waals surface area contributed by atoms with Crippen molar-refractivity contribution in [1.82, 2.24) is 0 Å². The molecule has 2 aromatic rings. The maximum absolute atomic E-state index is 10.8. The summed E-state index contributed by atoms with van der Waals surface area (Å²) in [4.78, 5) is 1.92. The minimum Gasteiger partial charge on any atom is -0.269 e. The molecule has 0 spiro atoms. The molecule has 0 unspecified atom stereocenters. The van der Waals surface area contributed by atoms with Gasteiger partial charge in [0.05, 0.1) is 19.7 Å². The van der Waals surface area contributed by atoms with Crippen LogP contribution in [0.2, 0.25) is 0 Å². The highest BCUT2D eigenvalue weighted by atomic mass is 32.2. The average molecular weight is 290 g/mol. The summed E-state index contributed by atoms with van der Waals surface area (Å²) in [6.45, 7) is 0. The second-order valence-corrected chi connectivity index (χ2v) is 6.67. The van der Waals surface area contributed by atoms with Crippen molar-refractivity contribution in [3.8, 4) is 9.75 Å². The maximum atomic E-state index is 10.8. The highest BCUT2D eigenvalue weighted by molar-refractivity contribution is 7.83. The van der Waals surface area contributed by atoms with Crippen LogP contribution in [0, 0.1) is 0 Å². The lowest BCUT2D eigenvalue weighted by Crippen LogP contribution is -1.88. The molecule has 0 aliphatic carbocycles. The first-order chi connectivity index (χ1) is 7.26. The van der Waals surface area contributed by atoms with Crippen molar-refractivity contribution in [1.29, 1.82) is 0 Å². The van der Waals surface area contributed by atoms with Crippen molar-refractivity contribution in [2.45, 2.75) is 4.21 Å². The smallest absolute Gasteiger partial charge is 0.194 e. The first kappa shape index (κ1) is 11.4. The molecule has 0 N–H and O–H groups in total. The van der Waals surface area contributed by atoms with Gasteiger partial charge >= 0.3 is 0 Å². The Balaban J connectivity index is 2.54. The van der Waals surface area contributed by atoms with Gasteiger partial charge in [0, 0.05) is 4.88 Å². The lowest BCUT2D eigenvalue weighted by molar-refractivity contribution is 0.602. The molecule has 15 heavy (non-hydrogen) atoms. The van der Waals surface area contributed by atoms with Crippen molar-refractivity contribution in [3.05, 3.63) is 17.5 Å². The molecule has 0 aliphatic heterocycles. The van der Waals surface area contributed by atoms with E-state index in [1.165, 1.54) is 22.7 Å². The molecule has 0 amide bonds. The Kier molecular flexibility index (Phi) is 3.70. The van der Waals surface area contributed by atoms with E-state index in [9.17, 15) is 9.13 Å². The zero-order valence-electron chi connectivity index (χ0n) is 7.21. The normalized spacial score (nSPS) is 11.3. The van der Waals surface area contributed by atoms with E-state index in [2.05, 4.69) is 12.6 Å². The molecule has 0 fully saturated rings. The molecule has 0 aliphatic rings. The Labute approximate surface area is 103 Å². The van der Waals surface area contributed by atoms with Crippen LogP contribution in [0.4, 0.5) is 0 Å². The van der Waals surface area contributed by atoms with Crippen LogP contribution < -0.4 is 10.6 Å². The van der Waals surface area contributed by atoms with Crippen molar-refractivity contribution < 1.29 is 9.13 Å². The van der Waals surface area contributed by atoms with Gasteiger partial charge in [-0.15, -0.1) is 35.3 Å². The van der Waals surface area contributed by atoms with E-state index in [0.717, 1.165) is 19.3 Å². The molecule has 0 saturated heterocycles. The van der Waals surface area contributed by atoms with Gasteiger partial charge in [0.1, 0.15) is 0 Å². The van der Waals surface area contributed by atoms with Gasteiger partial charge in [-0.05, 0) is 17.5 Å². The van der Waals surface area contributed by atoms with Crippen molar-refractivity contribution >= 4 is 62.8 Å². The van der Waals surface area contributed by atoms with E-state index < -0.39 is 0 Å². The van der Waals surface area contributed by atoms with Gasteiger partial charge in [0.2, 0.25) is 0 Å². The highest BCUT2D eigenvalue weighted by Crippen LogP contribution is 2.33. The third-order valence-corrected chi connectivity index (χ3v) is 5.90. The van der Waals surface area contributed by atoms with Crippen LogP contribution in [-0.2, 0) is 9.13 Å². The second kappa shape index (κ2) is 4.86. The van der Waals surface area contributed by atoms with Crippen molar-refractivity contribution in [2.24, 2.45) is 0 Å². The minimum absolute atomic E-state index is 0.0143. The lowest BCUT2D eigenvalue weighted by atomic mass is 10.4. The summed E-state index contributed by atoms with van der Waals surface area (Å²) in [7, 11) is -0.0131. The number of rotatable bonds is 3. The Bertz CT molecular complexity index is 518. The molecule has 2 nitrogen and oxygen atoms in total. The molecule has 76 valence electrons. The SMILES string of the molecule is O=Pc1cc(-c2sccc2P=O)sc1S. The summed E-state index contributed by atoms with van der Waals surface area (Å²) in [6.07, 6.45) is 0. The quantitative estimate of drug-likeness (QED) is 0.692. The lowest BCUT2D eigenvalue weighted by Gasteiger charge is -1.90. The number of thiol groups is 1.